The molecule has 0 saturated heterocycles. The molecule has 0 fully saturated rings. The first-order valence-electron chi connectivity index (χ1n) is 10.1. The molecule has 0 spiro atoms. The maximum Gasteiger partial charge on any atom is 0.264 e. The largest absolute Gasteiger partial charge is 0.346 e. The molecule has 0 radical (unpaired) electrons. The molecule has 1 N–H and O–H groups in total. The number of carbonyl (C=O) groups is 1. The minimum atomic E-state index is -3.71. The summed E-state index contributed by atoms with van der Waals surface area (Å²) in [7, 11) is -2.23. The van der Waals surface area contributed by atoms with Crippen molar-refractivity contribution >= 4 is 21.6 Å². The van der Waals surface area contributed by atoms with E-state index in [0.29, 0.717) is 11.3 Å². The van der Waals surface area contributed by atoms with Gasteiger partial charge < -0.3 is 5.32 Å². The van der Waals surface area contributed by atoms with Crippen molar-refractivity contribution in [2.24, 2.45) is 0 Å². The highest BCUT2D eigenvalue weighted by atomic mass is 32.2. The fourth-order valence-electron chi connectivity index (χ4n) is 3.54. The van der Waals surface area contributed by atoms with Crippen molar-refractivity contribution in [3.8, 4) is 0 Å². The second kappa shape index (κ2) is 8.94. The molecule has 0 aromatic heterocycles. The van der Waals surface area contributed by atoms with Gasteiger partial charge in [0.1, 0.15) is 0 Å². The molecular formula is C25H28N2O3S. The number of nitrogens with zero attached hydrogens (tertiary/aromatic N) is 1. The summed E-state index contributed by atoms with van der Waals surface area (Å²) in [5, 5.41) is 3.03. The first kappa shape index (κ1) is 22.6. The Balaban J connectivity index is 1.83. The van der Waals surface area contributed by atoms with Crippen LogP contribution in [0.2, 0.25) is 0 Å². The van der Waals surface area contributed by atoms with Gasteiger partial charge in [0.25, 0.3) is 15.9 Å². The SMILES string of the molecule is Cc1cc(C)c([C@H](C)NC(=O)c2cccc(N(C)S(=O)(=O)c3ccccc3)c2)cc1C. The van der Waals surface area contributed by atoms with Crippen LogP contribution >= 0.6 is 0 Å². The van der Waals surface area contributed by atoms with Crippen LogP contribution in [0.15, 0.2) is 71.6 Å². The summed E-state index contributed by atoms with van der Waals surface area (Å²) in [6.07, 6.45) is 0. The minimum absolute atomic E-state index is 0.179. The van der Waals surface area contributed by atoms with Crippen LogP contribution in [0, 0.1) is 20.8 Å². The van der Waals surface area contributed by atoms with Crippen LogP contribution in [0.3, 0.4) is 0 Å². The molecule has 3 rings (SSSR count). The van der Waals surface area contributed by atoms with E-state index in [1.165, 1.54) is 22.5 Å². The van der Waals surface area contributed by atoms with Crippen molar-refractivity contribution in [1.82, 2.24) is 5.32 Å². The van der Waals surface area contributed by atoms with Gasteiger partial charge in [-0.3, -0.25) is 9.10 Å². The van der Waals surface area contributed by atoms with Gasteiger partial charge in [0, 0.05) is 12.6 Å². The van der Waals surface area contributed by atoms with Crippen molar-refractivity contribution in [1.29, 1.82) is 0 Å². The lowest BCUT2D eigenvalue weighted by Gasteiger charge is -2.21. The molecule has 5 nitrogen and oxygen atoms in total. The Morgan fingerprint density at radius 1 is 0.871 bits per heavy atom. The van der Waals surface area contributed by atoms with Crippen LogP contribution in [-0.2, 0) is 10.0 Å². The molecule has 0 aliphatic carbocycles. The van der Waals surface area contributed by atoms with Crippen LogP contribution in [0.4, 0.5) is 5.69 Å². The standard InChI is InChI=1S/C25H28N2O3S/c1-17-14-19(3)24(15-18(17)2)20(4)26-25(28)21-10-9-11-22(16-21)27(5)31(29,30)23-12-7-6-8-13-23/h6-16,20H,1-5H3,(H,26,28)/t20-/m0/s1. The van der Waals surface area contributed by atoms with Gasteiger partial charge in [0.05, 0.1) is 16.6 Å². The van der Waals surface area contributed by atoms with Crippen LogP contribution in [-0.4, -0.2) is 21.4 Å². The van der Waals surface area contributed by atoms with Gasteiger partial charge in [-0.05, 0) is 80.3 Å². The minimum Gasteiger partial charge on any atom is -0.346 e. The Morgan fingerprint density at radius 2 is 1.52 bits per heavy atom. The van der Waals surface area contributed by atoms with Gasteiger partial charge in [0.2, 0.25) is 0 Å². The molecule has 0 unspecified atom stereocenters. The van der Waals surface area contributed by atoms with E-state index in [1.807, 2.05) is 13.8 Å². The van der Waals surface area contributed by atoms with Crippen molar-refractivity contribution in [3.63, 3.8) is 0 Å². The molecule has 0 aliphatic rings. The fraction of sp³-hybridized carbons (Fsp3) is 0.240. The van der Waals surface area contributed by atoms with Gasteiger partial charge in [-0.15, -0.1) is 0 Å². The lowest BCUT2D eigenvalue weighted by molar-refractivity contribution is 0.0940. The third-order valence-corrected chi connectivity index (χ3v) is 7.37. The summed E-state index contributed by atoms with van der Waals surface area (Å²) in [6, 6.07) is 18.9. The third kappa shape index (κ3) is 4.80. The number of rotatable bonds is 6. The number of aryl methyl sites for hydroxylation is 3. The summed E-state index contributed by atoms with van der Waals surface area (Å²) in [5.41, 5.74) is 5.41. The summed E-state index contributed by atoms with van der Waals surface area (Å²) in [4.78, 5) is 13.1. The highest BCUT2D eigenvalue weighted by Crippen LogP contribution is 2.24. The van der Waals surface area contributed by atoms with Gasteiger partial charge in [-0.25, -0.2) is 8.42 Å². The predicted molar refractivity (Wildman–Crippen MR) is 125 cm³/mol. The molecule has 31 heavy (non-hydrogen) atoms. The second-order valence-electron chi connectivity index (χ2n) is 7.82. The van der Waals surface area contributed by atoms with E-state index in [4.69, 9.17) is 0 Å². The van der Waals surface area contributed by atoms with E-state index in [0.717, 1.165) is 11.1 Å². The van der Waals surface area contributed by atoms with Crippen LogP contribution < -0.4 is 9.62 Å². The predicted octanol–water partition coefficient (Wildman–Crippen LogP) is 4.93. The summed E-state index contributed by atoms with van der Waals surface area (Å²) >= 11 is 0. The van der Waals surface area contributed by atoms with E-state index in [9.17, 15) is 13.2 Å². The number of sulfonamides is 1. The van der Waals surface area contributed by atoms with E-state index >= 15 is 0 Å². The molecule has 3 aromatic carbocycles. The first-order valence-corrected chi connectivity index (χ1v) is 11.6. The second-order valence-corrected chi connectivity index (χ2v) is 9.79. The zero-order valence-electron chi connectivity index (χ0n) is 18.5. The fourth-order valence-corrected chi connectivity index (χ4v) is 4.75. The molecule has 0 bridgehead atoms. The van der Waals surface area contributed by atoms with Gasteiger partial charge in [-0.1, -0.05) is 36.4 Å². The number of nitrogens with one attached hydrogen (secondary N) is 1. The normalized spacial score (nSPS) is 12.3. The molecule has 1 atom stereocenters. The number of hydrogen-bond acceptors (Lipinski definition) is 3. The third-order valence-electron chi connectivity index (χ3n) is 5.57. The van der Waals surface area contributed by atoms with Crippen LogP contribution in [0.25, 0.3) is 0 Å². The molecular weight excluding hydrogens is 408 g/mol. The number of hydrogen-bond donors (Lipinski definition) is 1. The summed E-state index contributed by atoms with van der Waals surface area (Å²) < 4.78 is 27.0. The average molecular weight is 437 g/mol. The molecule has 0 aliphatic heterocycles. The molecule has 0 saturated carbocycles. The van der Waals surface area contributed by atoms with E-state index in [1.54, 1.807) is 54.6 Å². The molecule has 162 valence electrons. The first-order chi connectivity index (χ1) is 14.6. The van der Waals surface area contributed by atoms with Crippen LogP contribution in [0.1, 0.15) is 45.6 Å². The number of amides is 1. The Bertz CT molecular complexity index is 1200. The Morgan fingerprint density at radius 3 is 2.19 bits per heavy atom. The highest BCUT2D eigenvalue weighted by Gasteiger charge is 2.22. The maximum absolute atomic E-state index is 12.9. The molecule has 0 heterocycles. The van der Waals surface area contributed by atoms with E-state index < -0.39 is 10.0 Å². The van der Waals surface area contributed by atoms with E-state index in [-0.39, 0.29) is 16.8 Å². The number of anilines is 1. The zero-order chi connectivity index (χ0) is 22.8. The summed E-state index contributed by atoms with van der Waals surface area (Å²) in [6.45, 7) is 8.11. The smallest absolute Gasteiger partial charge is 0.264 e. The zero-order valence-corrected chi connectivity index (χ0v) is 19.3. The van der Waals surface area contributed by atoms with Crippen LogP contribution in [0.5, 0.6) is 0 Å². The number of benzene rings is 3. The van der Waals surface area contributed by atoms with Crippen molar-refractivity contribution in [2.75, 3.05) is 11.4 Å². The maximum atomic E-state index is 12.9. The summed E-state index contributed by atoms with van der Waals surface area (Å²) in [5.74, 6) is -0.252. The molecule has 1 amide bonds. The van der Waals surface area contributed by atoms with Gasteiger partial charge >= 0.3 is 0 Å². The van der Waals surface area contributed by atoms with Crippen molar-refractivity contribution in [2.45, 2.75) is 38.6 Å². The Hall–Kier alpha value is -3.12. The highest BCUT2D eigenvalue weighted by molar-refractivity contribution is 7.92. The lowest BCUT2D eigenvalue weighted by Crippen LogP contribution is -2.29. The van der Waals surface area contributed by atoms with Gasteiger partial charge in [-0.2, -0.15) is 0 Å². The monoisotopic (exact) mass is 436 g/mol. The Labute approximate surface area is 184 Å². The molecule has 6 heteroatoms. The topological polar surface area (TPSA) is 66.5 Å². The van der Waals surface area contributed by atoms with Crippen molar-refractivity contribution < 1.29 is 13.2 Å². The molecule has 3 aromatic rings. The quantitative estimate of drug-likeness (QED) is 0.596. The Kier molecular flexibility index (Phi) is 6.51. The average Bonchev–Trinajstić information content (AvgIpc) is 2.76. The van der Waals surface area contributed by atoms with Crippen molar-refractivity contribution in [3.05, 3.63) is 94.5 Å². The lowest BCUT2D eigenvalue weighted by atomic mass is 9.96. The van der Waals surface area contributed by atoms with E-state index in [2.05, 4.69) is 31.3 Å². The van der Waals surface area contributed by atoms with Gasteiger partial charge in [0.15, 0.2) is 0 Å². The number of carbonyl (C=O) groups excluding carboxylic acids is 1.